The second-order valence-electron chi connectivity index (χ2n) is 3.08. The second kappa shape index (κ2) is 3.81. The Hall–Kier alpha value is 0.01000. The van der Waals surface area contributed by atoms with Crippen LogP contribution in [0.4, 0.5) is 0 Å². The normalized spacial score (nSPS) is 30.4. The number of thioether (sulfide) groups is 1. The minimum Gasteiger partial charge on any atom is -0.299 e. The van der Waals surface area contributed by atoms with Gasteiger partial charge in [0.2, 0.25) is 0 Å². The molecule has 12 heavy (non-hydrogen) atoms. The summed E-state index contributed by atoms with van der Waals surface area (Å²) in [6, 6.07) is 2.83. The van der Waals surface area contributed by atoms with Crippen LogP contribution in [0.3, 0.4) is 0 Å². The lowest BCUT2D eigenvalue weighted by molar-refractivity contribution is 0.505. The van der Waals surface area contributed by atoms with E-state index in [0.717, 1.165) is 0 Å². The summed E-state index contributed by atoms with van der Waals surface area (Å²) < 4.78 is 0. The highest BCUT2D eigenvalue weighted by molar-refractivity contribution is 7.99. The predicted molar refractivity (Wildman–Crippen MR) is 56.7 cm³/mol. The molecule has 1 saturated heterocycles. The summed E-state index contributed by atoms with van der Waals surface area (Å²) in [5, 5.41) is 8.61. The molecule has 1 aliphatic heterocycles. The van der Waals surface area contributed by atoms with Gasteiger partial charge >= 0.3 is 0 Å². The van der Waals surface area contributed by atoms with Crippen molar-refractivity contribution in [2.75, 3.05) is 5.75 Å². The summed E-state index contributed by atoms with van der Waals surface area (Å²) in [5.74, 6) is 1.29. The van der Waals surface area contributed by atoms with Gasteiger partial charge in [-0.1, -0.05) is 0 Å². The molecule has 0 amide bonds. The monoisotopic (exact) mass is 199 g/mol. The van der Waals surface area contributed by atoms with Crippen molar-refractivity contribution >= 4 is 23.1 Å². The molecule has 1 nitrogen and oxygen atoms in total. The quantitative estimate of drug-likeness (QED) is 0.746. The molecular weight excluding hydrogens is 186 g/mol. The first-order chi connectivity index (χ1) is 5.86. The van der Waals surface area contributed by atoms with Gasteiger partial charge in [0.15, 0.2) is 0 Å². The predicted octanol–water partition coefficient (Wildman–Crippen LogP) is 2.86. The highest BCUT2D eigenvalue weighted by Gasteiger charge is 2.19. The second-order valence-corrected chi connectivity index (χ2v) is 5.31. The Morgan fingerprint density at radius 3 is 3.17 bits per heavy atom. The first-order valence-corrected chi connectivity index (χ1v) is 6.25. The molecule has 0 aliphatic carbocycles. The Morgan fingerprint density at radius 2 is 2.50 bits per heavy atom. The van der Waals surface area contributed by atoms with Gasteiger partial charge in [0.05, 0.1) is 5.37 Å². The Bertz CT molecular complexity index is 233. The first kappa shape index (κ1) is 8.60. The smallest absolute Gasteiger partial charge is 0.0508 e. The zero-order valence-corrected chi connectivity index (χ0v) is 8.75. The maximum absolute atomic E-state index is 3.59. The minimum atomic E-state index is 0.604. The average molecular weight is 199 g/mol. The van der Waals surface area contributed by atoms with Crippen LogP contribution in [0.5, 0.6) is 0 Å². The number of hydrogen-bond donors (Lipinski definition) is 1. The summed E-state index contributed by atoms with van der Waals surface area (Å²) in [7, 11) is 0. The van der Waals surface area contributed by atoms with Gasteiger partial charge in [-0.15, -0.1) is 11.8 Å². The van der Waals surface area contributed by atoms with Crippen LogP contribution in [-0.4, -0.2) is 11.1 Å². The summed E-state index contributed by atoms with van der Waals surface area (Å²) in [5.41, 5.74) is 1.46. The van der Waals surface area contributed by atoms with E-state index in [-0.39, 0.29) is 0 Å². The molecular formula is C9H13NS2. The maximum Gasteiger partial charge on any atom is 0.0508 e. The van der Waals surface area contributed by atoms with E-state index in [1.807, 2.05) is 11.8 Å². The van der Waals surface area contributed by atoms with Crippen LogP contribution >= 0.6 is 23.1 Å². The fourth-order valence-corrected chi connectivity index (χ4v) is 3.21. The third kappa shape index (κ3) is 1.84. The van der Waals surface area contributed by atoms with Crippen molar-refractivity contribution in [2.24, 2.45) is 0 Å². The van der Waals surface area contributed by atoms with Crippen molar-refractivity contribution < 1.29 is 0 Å². The van der Waals surface area contributed by atoms with Gasteiger partial charge in [0.1, 0.15) is 0 Å². The molecule has 2 heterocycles. The first-order valence-electron chi connectivity index (χ1n) is 4.26. The molecule has 0 radical (unpaired) electrons. The Kier molecular flexibility index (Phi) is 2.73. The Balaban J connectivity index is 2.04. The van der Waals surface area contributed by atoms with E-state index in [9.17, 15) is 0 Å². The number of thiophene rings is 1. The fraction of sp³-hybridized carbons (Fsp3) is 0.556. The molecule has 2 rings (SSSR count). The zero-order valence-electron chi connectivity index (χ0n) is 7.12. The summed E-state index contributed by atoms with van der Waals surface area (Å²) in [6.07, 6.45) is 1.27. The summed E-state index contributed by atoms with van der Waals surface area (Å²) >= 11 is 3.80. The van der Waals surface area contributed by atoms with Crippen LogP contribution in [0.2, 0.25) is 0 Å². The Labute approximate surface area is 81.6 Å². The van der Waals surface area contributed by atoms with E-state index in [1.54, 1.807) is 11.3 Å². The van der Waals surface area contributed by atoms with Crippen LogP contribution < -0.4 is 5.32 Å². The van der Waals surface area contributed by atoms with Gasteiger partial charge in [-0.3, -0.25) is 5.32 Å². The summed E-state index contributed by atoms with van der Waals surface area (Å²) in [4.78, 5) is 0. The molecule has 0 saturated carbocycles. The standard InChI is InChI=1S/C9H13NS2/c1-7-10-9(3-5-12-7)8-2-4-11-6-8/h2,4,6-7,9-10H,3,5H2,1H3/t7-,9+/m1/s1. The van der Waals surface area contributed by atoms with E-state index < -0.39 is 0 Å². The molecule has 0 bridgehead atoms. The molecule has 1 aliphatic rings. The fourth-order valence-electron chi connectivity index (χ4n) is 1.51. The molecule has 2 atom stereocenters. The average Bonchev–Trinajstić information content (AvgIpc) is 2.56. The Morgan fingerprint density at radius 1 is 1.58 bits per heavy atom. The lowest BCUT2D eigenvalue weighted by Crippen LogP contribution is -2.32. The van der Waals surface area contributed by atoms with E-state index in [4.69, 9.17) is 0 Å². The van der Waals surface area contributed by atoms with Crippen LogP contribution in [-0.2, 0) is 0 Å². The lowest BCUT2D eigenvalue weighted by atomic mass is 10.1. The van der Waals surface area contributed by atoms with Gasteiger partial charge in [-0.2, -0.15) is 11.3 Å². The van der Waals surface area contributed by atoms with Gasteiger partial charge in [0, 0.05) is 6.04 Å². The van der Waals surface area contributed by atoms with Gasteiger partial charge in [-0.25, -0.2) is 0 Å². The topological polar surface area (TPSA) is 12.0 Å². The van der Waals surface area contributed by atoms with Crippen LogP contribution in [0.25, 0.3) is 0 Å². The highest BCUT2D eigenvalue weighted by Crippen LogP contribution is 2.28. The molecule has 0 aromatic carbocycles. The van der Waals surface area contributed by atoms with Crippen molar-refractivity contribution in [3.05, 3.63) is 22.4 Å². The van der Waals surface area contributed by atoms with E-state index >= 15 is 0 Å². The largest absolute Gasteiger partial charge is 0.299 e. The molecule has 0 spiro atoms. The zero-order chi connectivity index (χ0) is 8.39. The number of rotatable bonds is 1. The van der Waals surface area contributed by atoms with Crippen LogP contribution in [0.1, 0.15) is 24.9 Å². The van der Waals surface area contributed by atoms with Crippen molar-refractivity contribution in [1.82, 2.24) is 5.32 Å². The molecule has 0 unspecified atom stereocenters. The van der Waals surface area contributed by atoms with Crippen LogP contribution in [0.15, 0.2) is 16.8 Å². The van der Waals surface area contributed by atoms with Crippen LogP contribution in [0, 0.1) is 0 Å². The lowest BCUT2D eigenvalue weighted by Gasteiger charge is -2.27. The van der Waals surface area contributed by atoms with Crippen molar-refractivity contribution in [1.29, 1.82) is 0 Å². The van der Waals surface area contributed by atoms with Crippen molar-refractivity contribution in [2.45, 2.75) is 24.8 Å². The summed E-state index contributed by atoms with van der Waals surface area (Å²) in [6.45, 7) is 2.24. The van der Waals surface area contributed by atoms with E-state index in [2.05, 4.69) is 29.1 Å². The van der Waals surface area contributed by atoms with E-state index in [0.29, 0.717) is 11.4 Å². The van der Waals surface area contributed by atoms with Gasteiger partial charge in [-0.05, 0) is 41.5 Å². The maximum atomic E-state index is 3.59. The third-order valence-electron chi connectivity index (χ3n) is 2.16. The van der Waals surface area contributed by atoms with Gasteiger partial charge < -0.3 is 0 Å². The molecule has 1 N–H and O–H groups in total. The molecule has 1 aromatic heterocycles. The van der Waals surface area contributed by atoms with Crippen molar-refractivity contribution in [3.8, 4) is 0 Å². The molecule has 3 heteroatoms. The minimum absolute atomic E-state index is 0.604. The molecule has 1 fully saturated rings. The van der Waals surface area contributed by atoms with E-state index in [1.165, 1.54) is 17.7 Å². The molecule has 1 aromatic rings. The van der Waals surface area contributed by atoms with Crippen molar-refractivity contribution in [3.63, 3.8) is 0 Å². The third-order valence-corrected chi connectivity index (χ3v) is 3.96. The van der Waals surface area contributed by atoms with Gasteiger partial charge in [0.25, 0.3) is 0 Å². The number of hydrogen-bond acceptors (Lipinski definition) is 3. The SMILES string of the molecule is C[C@@H]1N[C@H](c2ccsc2)CCS1. The number of nitrogens with one attached hydrogen (secondary N) is 1. The molecule has 66 valence electrons. The highest BCUT2D eigenvalue weighted by atomic mass is 32.2.